The van der Waals surface area contributed by atoms with E-state index in [1.807, 2.05) is 0 Å². The Morgan fingerprint density at radius 2 is 1.90 bits per heavy atom. The second-order valence-corrected chi connectivity index (χ2v) is 4.19. The lowest BCUT2D eigenvalue weighted by molar-refractivity contribution is -0.141. The van der Waals surface area contributed by atoms with Crippen molar-refractivity contribution in [3.8, 4) is 11.8 Å². The van der Waals surface area contributed by atoms with Gasteiger partial charge in [0, 0.05) is 25.5 Å². The molecule has 2 aromatic rings. The van der Waals surface area contributed by atoms with E-state index in [0.29, 0.717) is 0 Å². The van der Waals surface area contributed by atoms with Crippen molar-refractivity contribution >= 4 is 11.6 Å². The first kappa shape index (κ1) is 14.3. The van der Waals surface area contributed by atoms with Crippen LogP contribution in [-0.4, -0.2) is 14.8 Å². The molecule has 20 heavy (non-hydrogen) atoms. The largest absolute Gasteiger partial charge is 0.436 e. The van der Waals surface area contributed by atoms with E-state index in [0.717, 1.165) is 23.1 Å². The molecular weight excluding hydrogens is 298 g/mol. The third-order valence-electron chi connectivity index (χ3n) is 2.25. The van der Waals surface area contributed by atoms with Crippen LogP contribution in [0.25, 0.3) is 0 Å². The van der Waals surface area contributed by atoms with Crippen molar-refractivity contribution in [3.05, 3.63) is 46.3 Å². The Morgan fingerprint density at radius 3 is 2.50 bits per heavy atom. The lowest BCUT2D eigenvalue weighted by Crippen LogP contribution is -2.08. The van der Waals surface area contributed by atoms with Crippen molar-refractivity contribution in [2.24, 2.45) is 7.05 Å². The van der Waals surface area contributed by atoms with Gasteiger partial charge in [0.2, 0.25) is 0 Å². The number of hydrogen-bond acceptors (Lipinski definition) is 2. The van der Waals surface area contributed by atoms with Crippen molar-refractivity contribution in [2.75, 3.05) is 0 Å². The molecule has 0 unspecified atom stereocenters. The number of aromatic nitrogens is 3. The third-order valence-corrected chi connectivity index (χ3v) is 2.46. The van der Waals surface area contributed by atoms with Gasteiger partial charge in [-0.2, -0.15) is 18.3 Å². The molecule has 0 bridgehead atoms. The maximum absolute atomic E-state index is 13.4. The van der Waals surface area contributed by atoms with Gasteiger partial charge >= 0.3 is 6.18 Å². The smallest absolute Gasteiger partial charge is 0.274 e. The minimum absolute atomic E-state index is 0.0644. The van der Waals surface area contributed by atoms with Gasteiger partial charge in [-0.3, -0.25) is 4.68 Å². The summed E-state index contributed by atoms with van der Waals surface area (Å²) in [4.78, 5) is 3.61. The second kappa shape index (κ2) is 5.13. The standard InChI is InChI=1S/C12H6ClF4N3/c1-20-6-8(11(19-20)12(15,16)17)3-2-7-5-18-10(13)4-9(7)14/h4-6H,1H3. The average Bonchev–Trinajstić information content (AvgIpc) is 2.69. The van der Waals surface area contributed by atoms with Crippen LogP contribution in [-0.2, 0) is 13.2 Å². The molecule has 0 spiro atoms. The summed E-state index contributed by atoms with van der Waals surface area (Å²) in [6.45, 7) is 0. The summed E-state index contributed by atoms with van der Waals surface area (Å²) < 4.78 is 52.4. The highest BCUT2D eigenvalue weighted by molar-refractivity contribution is 6.29. The van der Waals surface area contributed by atoms with Crippen molar-refractivity contribution in [1.29, 1.82) is 0 Å². The van der Waals surface area contributed by atoms with E-state index in [4.69, 9.17) is 11.6 Å². The van der Waals surface area contributed by atoms with E-state index < -0.39 is 17.7 Å². The SMILES string of the molecule is Cn1cc(C#Cc2cnc(Cl)cc2F)c(C(F)(F)F)n1. The van der Waals surface area contributed by atoms with Crippen molar-refractivity contribution in [3.63, 3.8) is 0 Å². The van der Waals surface area contributed by atoms with Crippen LogP contribution in [0.5, 0.6) is 0 Å². The fourth-order valence-electron chi connectivity index (χ4n) is 1.42. The average molecular weight is 304 g/mol. The molecule has 0 radical (unpaired) electrons. The fourth-order valence-corrected chi connectivity index (χ4v) is 1.57. The van der Waals surface area contributed by atoms with Crippen LogP contribution in [0.15, 0.2) is 18.5 Å². The van der Waals surface area contributed by atoms with Gasteiger partial charge in [-0.15, -0.1) is 0 Å². The van der Waals surface area contributed by atoms with Crippen LogP contribution in [0.3, 0.4) is 0 Å². The van der Waals surface area contributed by atoms with Gasteiger partial charge in [-0.05, 0) is 0 Å². The topological polar surface area (TPSA) is 30.7 Å². The zero-order chi connectivity index (χ0) is 14.9. The van der Waals surface area contributed by atoms with Crippen LogP contribution in [0.1, 0.15) is 16.8 Å². The molecule has 0 aliphatic heterocycles. The first-order valence-corrected chi connectivity index (χ1v) is 5.59. The van der Waals surface area contributed by atoms with Gasteiger partial charge in [0.05, 0.1) is 11.1 Å². The lowest BCUT2D eigenvalue weighted by Gasteiger charge is -2.01. The quantitative estimate of drug-likeness (QED) is 0.425. The van der Waals surface area contributed by atoms with Crippen LogP contribution in [0.4, 0.5) is 17.6 Å². The summed E-state index contributed by atoms with van der Waals surface area (Å²) in [6, 6.07) is 0.930. The maximum atomic E-state index is 13.4. The fraction of sp³-hybridized carbons (Fsp3) is 0.167. The predicted molar refractivity (Wildman–Crippen MR) is 63.4 cm³/mol. The van der Waals surface area contributed by atoms with Crippen molar-refractivity contribution in [1.82, 2.24) is 14.8 Å². The molecule has 3 nitrogen and oxygen atoms in total. The van der Waals surface area contributed by atoms with Crippen LogP contribution in [0.2, 0.25) is 5.15 Å². The first-order valence-electron chi connectivity index (χ1n) is 5.21. The summed E-state index contributed by atoms with van der Waals surface area (Å²) >= 11 is 5.46. The third kappa shape index (κ3) is 3.08. The molecule has 2 heterocycles. The number of halogens is 5. The van der Waals surface area contributed by atoms with Crippen LogP contribution < -0.4 is 0 Å². The first-order chi connectivity index (χ1) is 9.27. The molecule has 0 saturated heterocycles. The Balaban J connectivity index is 2.43. The number of rotatable bonds is 0. The summed E-state index contributed by atoms with van der Waals surface area (Å²) in [5, 5.41) is 3.22. The molecule has 0 atom stereocenters. The molecular formula is C12H6ClF4N3. The zero-order valence-corrected chi connectivity index (χ0v) is 10.7. The molecule has 0 aliphatic rings. The molecule has 0 fully saturated rings. The molecule has 2 aromatic heterocycles. The van der Waals surface area contributed by atoms with Crippen LogP contribution >= 0.6 is 11.6 Å². The highest BCUT2D eigenvalue weighted by Gasteiger charge is 2.36. The summed E-state index contributed by atoms with van der Waals surface area (Å²) in [5.74, 6) is 3.77. The van der Waals surface area contributed by atoms with E-state index >= 15 is 0 Å². The lowest BCUT2D eigenvalue weighted by atomic mass is 10.2. The number of aryl methyl sites for hydroxylation is 1. The van der Waals surface area contributed by atoms with Gasteiger partial charge in [0.1, 0.15) is 11.0 Å². The molecule has 0 aliphatic carbocycles. The van der Waals surface area contributed by atoms with E-state index in [1.165, 1.54) is 7.05 Å². The number of pyridine rings is 1. The molecule has 0 saturated carbocycles. The number of alkyl halides is 3. The Labute approximate surface area is 116 Å². The summed E-state index contributed by atoms with van der Waals surface area (Å²) in [6.07, 6.45) is -2.46. The number of hydrogen-bond donors (Lipinski definition) is 0. The Kier molecular flexibility index (Phi) is 3.68. The molecule has 104 valence electrons. The maximum Gasteiger partial charge on any atom is 0.436 e. The Morgan fingerprint density at radius 1 is 1.25 bits per heavy atom. The van der Waals surface area contributed by atoms with Crippen LogP contribution in [0, 0.1) is 17.7 Å². The van der Waals surface area contributed by atoms with E-state index in [9.17, 15) is 17.6 Å². The summed E-state index contributed by atoms with van der Waals surface area (Å²) in [5.41, 5.74) is -1.60. The van der Waals surface area contributed by atoms with Crippen molar-refractivity contribution < 1.29 is 17.6 Å². The van der Waals surface area contributed by atoms with Crippen molar-refractivity contribution in [2.45, 2.75) is 6.18 Å². The molecule has 0 amide bonds. The highest BCUT2D eigenvalue weighted by atomic mass is 35.5. The predicted octanol–water partition coefficient (Wildman–Crippen LogP) is 3.03. The number of nitrogens with zero attached hydrogens (tertiary/aromatic N) is 3. The zero-order valence-electron chi connectivity index (χ0n) is 9.96. The molecule has 0 aromatic carbocycles. The minimum atomic E-state index is -4.62. The molecule has 2 rings (SSSR count). The van der Waals surface area contributed by atoms with Gasteiger partial charge in [0.25, 0.3) is 0 Å². The Bertz CT molecular complexity index is 710. The van der Waals surface area contributed by atoms with E-state index in [-0.39, 0.29) is 16.3 Å². The van der Waals surface area contributed by atoms with Gasteiger partial charge in [-0.25, -0.2) is 9.37 Å². The normalized spacial score (nSPS) is 11.1. The molecule has 0 N–H and O–H groups in total. The second-order valence-electron chi connectivity index (χ2n) is 3.80. The highest BCUT2D eigenvalue weighted by Crippen LogP contribution is 2.30. The molecule has 8 heteroatoms. The minimum Gasteiger partial charge on any atom is -0.274 e. The monoisotopic (exact) mass is 303 g/mol. The van der Waals surface area contributed by atoms with Gasteiger partial charge < -0.3 is 0 Å². The van der Waals surface area contributed by atoms with E-state index in [2.05, 4.69) is 21.9 Å². The van der Waals surface area contributed by atoms with E-state index in [1.54, 1.807) is 0 Å². The van der Waals surface area contributed by atoms with Gasteiger partial charge in [-0.1, -0.05) is 23.4 Å². The van der Waals surface area contributed by atoms with Gasteiger partial charge in [0.15, 0.2) is 5.69 Å². The summed E-state index contributed by atoms with van der Waals surface area (Å²) in [7, 11) is 1.34. The Hall–Kier alpha value is -2.07.